The molecule has 0 bridgehead atoms. The van der Waals surface area contributed by atoms with Crippen LogP contribution in [0.5, 0.6) is 5.75 Å². The van der Waals surface area contributed by atoms with Crippen LogP contribution in [0, 0.1) is 0 Å². The number of halogens is 1. The SMILES string of the molecule is CC(C(=O)NCC1CCCO1)N(Cc1ccccc1)C(=O)COc1ccccc1Cl. The van der Waals surface area contributed by atoms with Crippen LogP contribution in [0.25, 0.3) is 0 Å². The largest absolute Gasteiger partial charge is 0.482 e. The van der Waals surface area contributed by atoms with Crippen LogP contribution in [-0.2, 0) is 20.9 Å². The van der Waals surface area contributed by atoms with Crippen molar-refractivity contribution in [3.8, 4) is 5.75 Å². The lowest BCUT2D eigenvalue weighted by atomic mass is 10.1. The van der Waals surface area contributed by atoms with Gasteiger partial charge in [0, 0.05) is 19.7 Å². The summed E-state index contributed by atoms with van der Waals surface area (Å²) in [5.74, 6) is -0.0753. The number of hydrogen-bond acceptors (Lipinski definition) is 4. The number of carbonyl (C=O) groups is 2. The topological polar surface area (TPSA) is 67.9 Å². The molecule has 2 aromatic carbocycles. The monoisotopic (exact) mass is 430 g/mol. The van der Waals surface area contributed by atoms with Gasteiger partial charge in [-0.25, -0.2) is 0 Å². The smallest absolute Gasteiger partial charge is 0.261 e. The van der Waals surface area contributed by atoms with Crippen LogP contribution in [0.1, 0.15) is 25.3 Å². The van der Waals surface area contributed by atoms with Gasteiger partial charge in [-0.2, -0.15) is 0 Å². The Hall–Kier alpha value is -2.57. The van der Waals surface area contributed by atoms with Crippen LogP contribution in [-0.4, -0.2) is 48.6 Å². The summed E-state index contributed by atoms with van der Waals surface area (Å²) < 4.78 is 11.2. The fraction of sp³-hybridized carbons (Fsp3) is 0.391. The maximum absolute atomic E-state index is 13.0. The third kappa shape index (κ3) is 6.21. The standard InChI is InChI=1S/C23H27ClN2O4/c1-17(23(28)25-14-19-10-7-13-29-19)26(15-18-8-3-2-4-9-18)22(27)16-30-21-12-6-5-11-20(21)24/h2-6,8-9,11-12,17,19H,7,10,13-16H2,1H3,(H,25,28). The zero-order chi connectivity index (χ0) is 21.3. The molecule has 2 unspecified atom stereocenters. The van der Waals surface area contributed by atoms with E-state index in [9.17, 15) is 9.59 Å². The van der Waals surface area contributed by atoms with Crippen molar-refractivity contribution in [2.24, 2.45) is 0 Å². The van der Waals surface area contributed by atoms with E-state index in [-0.39, 0.29) is 24.5 Å². The molecule has 1 aliphatic heterocycles. The zero-order valence-electron chi connectivity index (χ0n) is 17.1. The number of para-hydroxylation sites is 1. The average molecular weight is 431 g/mol. The molecule has 1 heterocycles. The highest BCUT2D eigenvalue weighted by Crippen LogP contribution is 2.23. The molecule has 0 radical (unpaired) electrons. The molecule has 1 aliphatic rings. The van der Waals surface area contributed by atoms with Crippen molar-refractivity contribution in [1.29, 1.82) is 0 Å². The summed E-state index contributed by atoms with van der Waals surface area (Å²) in [5.41, 5.74) is 0.933. The van der Waals surface area contributed by atoms with Crippen LogP contribution in [0.3, 0.4) is 0 Å². The van der Waals surface area contributed by atoms with E-state index in [0.29, 0.717) is 23.9 Å². The third-order valence-electron chi connectivity index (χ3n) is 5.08. The number of carbonyl (C=O) groups excluding carboxylic acids is 2. The van der Waals surface area contributed by atoms with Gasteiger partial charge in [0.15, 0.2) is 6.61 Å². The molecule has 30 heavy (non-hydrogen) atoms. The van der Waals surface area contributed by atoms with E-state index in [1.54, 1.807) is 31.2 Å². The Morgan fingerprint density at radius 3 is 2.63 bits per heavy atom. The van der Waals surface area contributed by atoms with Gasteiger partial charge >= 0.3 is 0 Å². The van der Waals surface area contributed by atoms with Crippen molar-refractivity contribution in [1.82, 2.24) is 10.2 Å². The van der Waals surface area contributed by atoms with Gasteiger partial charge in [0.1, 0.15) is 11.8 Å². The number of amides is 2. The van der Waals surface area contributed by atoms with Crippen molar-refractivity contribution < 1.29 is 19.1 Å². The number of ether oxygens (including phenoxy) is 2. The molecule has 7 heteroatoms. The van der Waals surface area contributed by atoms with E-state index >= 15 is 0 Å². The molecule has 6 nitrogen and oxygen atoms in total. The van der Waals surface area contributed by atoms with Gasteiger partial charge < -0.3 is 19.7 Å². The van der Waals surface area contributed by atoms with Crippen molar-refractivity contribution in [2.75, 3.05) is 19.8 Å². The highest BCUT2D eigenvalue weighted by molar-refractivity contribution is 6.32. The summed E-state index contributed by atoms with van der Waals surface area (Å²) >= 11 is 6.11. The number of hydrogen-bond donors (Lipinski definition) is 1. The van der Waals surface area contributed by atoms with Gasteiger partial charge in [-0.3, -0.25) is 9.59 Å². The maximum Gasteiger partial charge on any atom is 0.261 e. The first kappa shape index (κ1) is 22.1. The molecule has 2 amide bonds. The van der Waals surface area contributed by atoms with Gasteiger partial charge in [-0.05, 0) is 37.5 Å². The molecule has 1 saturated heterocycles. The maximum atomic E-state index is 13.0. The van der Waals surface area contributed by atoms with Gasteiger partial charge in [0.2, 0.25) is 5.91 Å². The Bertz CT molecular complexity index is 840. The third-order valence-corrected chi connectivity index (χ3v) is 5.39. The van der Waals surface area contributed by atoms with Crippen molar-refractivity contribution >= 4 is 23.4 Å². The first-order valence-corrected chi connectivity index (χ1v) is 10.5. The number of benzene rings is 2. The first-order valence-electron chi connectivity index (χ1n) is 10.1. The molecule has 2 atom stereocenters. The van der Waals surface area contributed by atoms with Gasteiger partial charge in [-0.15, -0.1) is 0 Å². The molecule has 2 aromatic rings. The lowest BCUT2D eigenvalue weighted by molar-refractivity contribution is -0.142. The van der Waals surface area contributed by atoms with Gasteiger partial charge in [0.05, 0.1) is 11.1 Å². The van der Waals surface area contributed by atoms with Crippen LogP contribution in [0.4, 0.5) is 0 Å². The van der Waals surface area contributed by atoms with E-state index in [4.69, 9.17) is 21.1 Å². The molecule has 1 N–H and O–H groups in total. The quantitative estimate of drug-likeness (QED) is 0.661. The second-order valence-electron chi connectivity index (χ2n) is 7.28. The fourth-order valence-electron chi connectivity index (χ4n) is 3.31. The summed E-state index contributed by atoms with van der Waals surface area (Å²) in [6.45, 7) is 3.00. The molecule has 0 aliphatic carbocycles. The van der Waals surface area contributed by atoms with Gasteiger partial charge in [-0.1, -0.05) is 54.1 Å². The highest BCUT2D eigenvalue weighted by atomic mass is 35.5. The lowest BCUT2D eigenvalue weighted by Crippen LogP contribution is -2.50. The first-order chi connectivity index (χ1) is 14.5. The lowest BCUT2D eigenvalue weighted by Gasteiger charge is -2.29. The molecule has 160 valence electrons. The Kier molecular flexibility index (Phi) is 8.11. The van der Waals surface area contributed by atoms with E-state index < -0.39 is 6.04 Å². The number of rotatable bonds is 9. The summed E-state index contributed by atoms with van der Waals surface area (Å²) in [5, 5.41) is 3.34. The highest BCUT2D eigenvalue weighted by Gasteiger charge is 2.27. The van der Waals surface area contributed by atoms with Crippen molar-refractivity contribution in [2.45, 2.75) is 38.5 Å². The summed E-state index contributed by atoms with van der Waals surface area (Å²) in [7, 11) is 0. The molecular weight excluding hydrogens is 404 g/mol. The predicted octanol–water partition coefficient (Wildman–Crippen LogP) is 3.43. The van der Waals surface area contributed by atoms with E-state index in [2.05, 4.69) is 5.32 Å². The molecule has 1 fully saturated rings. The predicted molar refractivity (Wildman–Crippen MR) is 115 cm³/mol. The van der Waals surface area contributed by atoms with Crippen LogP contribution < -0.4 is 10.1 Å². The Labute approximate surface area is 182 Å². The minimum Gasteiger partial charge on any atom is -0.482 e. The summed E-state index contributed by atoms with van der Waals surface area (Å²) in [4.78, 5) is 27.3. The minimum atomic E-state index is -0.658. The number of nitrogens with one attached hydrogen (secondary N) is 1. The fourth-order valence-corrected chi connectivity index (χ4v) is 3.50. The normalized spacial score (nSPS) is 16.7. The average Bonchev–Trinajstić information content (AvgIpc) is 3.29. The van der Waals surface area contributed by atoms with Crippen LogP contribution in [0.2, 0.25) is 5.02 Å². The molecule has 0 spiro atoms. The van der Waals surface area contributed by atoms with Crippen LogP contribution >= 0.6 is 11.6 Å². The zero-order valence-corrected chi connectivity index (χ0v) is 17.8. The molecule has 0 aromatic heterocycles. The summed E-state index contributed by atoms with van der Waals surface area (Å²) in [6.07, 6.45) is 1.99. The molecule has 0 saturated carbocycles. The summed E-state index contributed by atoms with van der Waals surface area (Å²) in [6, 6.07) is 15.9. The van der Waals surface area contributed by atoms with E-state index in [1.807, 2.05) is 30.3 Å². The minimum absolute atomic E-state index is 0.0444. The van der Waals surface area contributed by atoms with Gasteiger partial charge in [0.25, 0.3) is 5.91 Å². The van der Waals surface area contributed by atoms with Crippen molar-refractivity contribution in [3.05, 3.63) is 65.2 Å². The number of nitrogens with zero attached hydrogens (tertiary/aromatic N) is 1. The van der Waals surface area contributed by atoms with Crippen LogP contribution in [0.15, 0.2) is 54.6 Å². The molecular formula is C23H27ClN2O4. The molecule has 3 rings (SSSR count). The van der Waals surface area contributed by atoms with Crippen molar-refractivity contribution in [3.63, 3.8) is 0 Å². The van der Waals surface area contributed by atoms with E-state index in [1.165, 1.54) is 4.90 Å². The Morgan fingerprint density at radius 1 is 1.20 bits per heavy atom. The van der Waals surface area contributed by atoms with E-state index in [0.717, 1.165) is 25.0 Å². The Morgan fingerprint density at radius 2 is 1.93 bits per heavy atom. The second kappa shape index (κ2) is 11.0. The second-order valence-corrected chi connectivity index (χ2v) is 7.69. The Balaban J connectivity index is 1.65.